The van der Waals surface area contributed by atoms with Crippen LogP contribution in [-0.4, -0.2) is 36.0 Å². The molecule has 2 bridgehead atoms. The summed E-state index contributed by atoms with van der Waals surface area (Å²) in [5, 5.41) is 0. The molecular formula is C11H16O4. The van der Waals surface area contributed by atoms with Crippen LogP contribution in [0.15, 0.2) is 0 Å². The van der Waals surface area contributed by atoms with E-state index in [0.717, 1.165) is 6.42 Å². The Hall–Kier alpha value is -0.450. The molecule has 0 amide bonds. The summed E-state index contributed by atoms with van der Waals surface area (Å²) in [6, 6.07) is 0. The van der Waals surface area contributed by atoms with Crippen molar-refractivity contribution < 1.29 is 19.0 Å². The molecule has 4 heteroatoms. The molecule has 84 valence electrons. The molecule has 0 saturated carbocycles. The Balaban J connectivity index is 1.85. The summed E-state index contributed by atoms with van der Waals surface area (Å²) < 4.78 is 17.4. The van der Waals surface area contributed by atoms with E-state index in [1.165, 1.54) is 0 Å². The van der Waals surface area contributed by atoms with Crippen LogP contribution in [0.1, 0.15) is 33.1 Å². The van der Waals surface area contributed by atoms with E-state index in [4.69, 9.17) is 14.2 Å². The third kappa shape index (κ3) is 1.51. The van der Waals surface area contributed by atoms with Crippen molar-refractivity contribution in [2.24, 2.45) is 0 Å². The third-order valence-electron chi connectivity index (χ3n) is 3.38. The molecule has 0 unspecified atom stereocenters. The van der Waals surface area contributed by atoms with Crippen LogP contribution < -0.4 is 0 Å². The average Bonchev–Trinajstić information content (AvgIpc) is 2.51. The highest BCUT2D eigenvalue weighted by molar-refractivity contribution is 5.79. The molecule has 0 aromatic heterocycles. The first-order valence-corrected chi connectivity index (χ1v) is 5.58. The van der Waals surface area contributed by atoms with Crippen LogP contribution >= 0.6 is 0 Å². The summed E-state index contributed by atoms with van der Waals surface area (Å²) in [6.07, 6.45) is 1.82. The van der Waals surface area contributed by atoms with Crippen LogP contribution in [0.5, 0.6) is 0 Å². The predicted molar refractivity (Wildman–Crippen MR) is 51.3 cm³/mol. The number of carbonyl (C=O) groups is 1. The van der Waals surface area contributed by atoms with Crippen LogP contribution in [0.25, 0.3) is 0 Å². The fourth-order valence-corrected chi connectivity index (χ4v) is 2.80. The highest BCUT2D eigenvalue weighted by atomic mass is 16.8. The van der Waals surface area contributed by atoms with Gasteiger partial charge in [-0.25, -0.2) is 0 Å². The summed E-state index contributed by atoms with van der Waals surface area (Å²) >= 11 is 0. The minimum atomic E-state index is -0.525. The highest BCUT2D eigenvalue weighted by Crippen LogP contribution is 2.42. The monoisotopic (exact) mass is 212 g/mol. The lowest BCUT2D eigenvalue weighted by Gasteiger charge is -2.22. The Bertz CT molecular complexity index is 299. The van der Waals surface area contributed by atoms with Gasteiger partial charge in [-0.05, 0) is 20.3 Å². The minimum Gasteiger partial charge on any atom is -0.369 e. The van der Waals surface area contributed by atoms with Gasteiger partial charge >= 0.3 is 0 Å². The smallest absolute Gasteiger partial charge is 0.164 e. The van der Waals surface area contributed by atoms with Crippen LogP contribution in [-0.2, 0) is 19.0 Å². The SMILES string of the molecule is CC1(C)O[C@@H]2[C@H](O1)[C@H]1CCC(=O)C[C@@H]2O1. The van der Waals surface area contributed by atoms with Gasteiger partial charge in [-0.15, -0.1) is 0 Å². The molecule has 3 rings (SSSR count). The normalized spacial score (nSPS) is 47.7. The number of ether oxygens (including phenoxy) is 3. The largest absolute Gasteiger partial charge is 0.369 e. The lowest BCUT2D eigenvalue weighted by atomic mass is 9.96. The Labute approximate surface area is 88.9 Å². The number of carbonyl (C=O) groups excluding carboxylic acids is 1. The molecule has 0 aliphatic carbocycles. The number of Topliss-reactive ketones (excluding diaryl/α,β-unsaturated/α-hetero) is 1. The second-order valence-electron chi connectivity index (χ2n) is 5.06. The van der Waals surface area contributed by atoms with Crippen molar-refractivity contribution in [2.45, 2.75) is 63.3 Å². The minimum absolute atomic E-state index is 0.0260. The van der Waals surface area contributed by atoms with Gasteiger partial charge < -0.3 is 14.2 Å². The van der Waals surface area contributed by atoms with Gasteiger partial charge in [-0.3, -0.25) is 4.79 Å². The van der Waals surface area contributed by atoms with Crippen LogP contribution in [0.4, 0.5) is 0 Å². The third-order valence-corrected chi connectivity index (χ3v) is 3.38. The lowest BCUT2D eigenvalue weighted by molar-refractivity contribution is -0.186. The first-order chi connectivity index (χ1) is 7.05. The van der Waals surface area contributed by atoms with Gasteiger partial charge in [0.25, 0.3) is 0 Å². The van der Waals surface area contributed by atoms with E-state index in [1.807, 2.05) is 13.8 Å². The molecule has 0 aromatic rings. The molecular weight excluding hydrogens is 196 g/mol. The standard InChI is InChI=1S/C11H16O4/c1-11(2)14-9-7-4-3-6(12)5-8(13-7)10(9)15-11/h7-10H,3-5H2,1-2H3/t7-,8+,9-,10+/m1/s1. The van der Waals surface area contributed by atoms with Crippen molar-refractivity contribution in [1.82, 2.24) is 0 Å². The molecule has 0 radical (unpaired) electrons. The van der Waals surface area contributed by atoms with Crippen molar-refractivity contribution in [3.63, 3.8) is 0 Å². The van der Waals surface area contributed by atoms with Crippen molar-refractivity contribution in [3.8, 4) is 0 Å². The summed E-state index contributed by atoms with van der Waals surface area (Å²) in [7, 11) is 0. The van der Waals surface area contributed by atoms with E-state index < -0.39 is 5.79 Å². The fraction of sp³-hybridized carbons (Fsp3) is 0.909. The molecule has 3 heterocycles. The second kappa shape index (κ2) is 3.03. The number of fused-ring (bicyclic) bond motifs is 5. The van der Waals surface area contributed by atoms with E-state index in [0.29, 0.717) is 12.8 Å². The molecule has 3 saturated heterocycles. The first kappa shape index (κ1) is 9.75. The second-order valence-corrected chi connectivity index (χ2v) is 5.06. The van der Waals surface area contributed by atoms with Gasteiger partial charge in [0.2, 0.25) is 0 Å². The molecule has 0 N–H and O–H groups in total. The summed E-state index contributed by atoms with van der Waals surface area (Å²) in [5.74, 6) is -0.238. The molecule has 0 aromatic carbocycles. The Morgan fingerprint density at radius 1 is 1.20 bits per heavy atom. The van der Waals surface area contributed by atoms with Gasteiger partial charge in [0.15, 0.2) is 5.79 Å². The molecule has 3 aliphatic heterocycles. The van der Waals surface area contributed by atoms with Crippen LogP contribution in [0.3, 0.4) is 0 Å². The number of rotatable bonds is 0. The van der Waals surface area contributed by atoms with Crippen molar-refractivity contribution in [2.75, 3.05) is 0 Å². The number of hydrogen-bond acceptors (Lipinski definition) is 4. The van der Waals surface area contributed by atoms with Crippen LogP contribution in [0, 0.1) is 0 Å². The van der Waals surface area contributed by atoms with Crippen molar-refractivity contribution in [1.29, 1.82) is 0 Å². The topological polar surface area (TPSA) is 44.8 Å². The highest BCUT2D eigenvalue weighted by Gasteiger charge is 2.56. The average molecular weight is 212 g/mol. The van der Waals surface area contributed by atoms with Gasteiger partial charge in [0.05, 0.1) is 12.2 Å². The van der Waals surface area contributed by atoms with E-state index in [9.17, 15) is 4.79 Å². The summed E-state index contributed by atoms with van der Waals surface area (Å²) in [6.45, 7) is 3.83. The summed E-state index contributed by atoms with van der Waals surface area (Å²) in [5.41, 5.74) is 0. The van der Waals surface area contributed by atoms with E-state index in [-0.39, 0.29) is 30.2 Å². The molecule has 4 nitrogen and oxygen atoms in total. The van der Waals surface area contributed by atoms with E-state index in [1.54, 1.807) is 0 Å². The van der Waals surface area contributed by atoms with Gasteiger partial charge in [-0.1, -0.05) is 0 Å². The van der Waals surface area contributed by atoms with Gasteiger partial charge in [0, 0.05) is 12.8 Å². The van der Waals surface area contributed by atoms with Gasteiger partial charge in [0.1, 0.15) is 18.0 Å². The van der Waals surface area contributed by atoms with E-state index >= 15 is 0 Å². The lowest BCUT2D eigenvalue weighted by Crippen LogP contribution is -2.32. The number of ketones is 1. The summed E-state index contributed by atoms with van der Waals surface area (Å²) in [4.78, 5) is 11.4. The van der Waals surface area contributed by atoms with Crippen molar-refractivity contribution in [3.05, 3.63) is 0 Å². The van der Waals surface area contributed by atoms with Crippen LogP contribution in [0.2, 0.25) is 0 Å². The molecule has 4 atom stereocenters. The zero-order valence-corrected chi connectivity index (χ0v) is 9.06. The molecule has 3 aliphatic rings. The maximum atomic E-state index is 11.4. The predicted octanol–water partition coefficient (Wildman–Crippen LogP) is 1.03. The molecule has 3 fully saturated rings. The quantitative estimate of drug-likeness (QED) is 0.601. The Morgan fingerprint density at radius 2 is 1.87 bits per heavy atom. The Morgan fingerprint density at radius 3 is 2.60 bits per heavy atom. The number of hydrogen-bond donors (Lipinski definition) is 0. The molecule has 15 heavy (non-hydrogen) atoms. The first-order valence-electron chi connectivity index (χ1n) is 5.58. The maximum Gasteiger partial charge on any atom is 0.164 e. The van der Waals surface area contributed by atoms with Crippen molar-refractivity contribution >= 4 is 5.78 Å². The maximum absolute atomic E-state index is 11.4. The van der Waals surface area contributed by atoms with Gasteiger partial charge in [-0.2, -0.15) is 0 Å². The Kier molecular flexibility index (Phi) is 1.97. The fourth-order valence-electron chi connectivity index (χ4n) is 2.80. The zero-order valence-electron chi connectivity index (χ0n) is 9.06. The van der Waals surface area contributed by atoms with E-state index in [2.05, 4.69) is 0 Å². The molecule has 0 spiro atoms. The zero-order chi connectivity index (χ0) is 10.6.